The lowest BCUT2D eigenvalue weighted by Crippen LogP contribution is -2.06. The number of hydrazone groups is 1. The summed E-state index contributed by atoms with van der Waals surface area (Å²) in [5, 5.41) is 37.2. The van der Waals surface area contributed by atoms with Gasteiger partial charge in [0, 0.05) is 12.1 Å². The molecule has 192 valence electrons. The summed E-state index contributed by atoms with van der Waals surface area (Å²) in [7, 11) is 1.27. The third-order valence-corrected chi connectivity index (χ3v) is 4.68. The van der Waals surface area contributed by atoms with Crippen LogP contribution in [0.25, 0.3) is 0 Å². The molecule has 1 N–H and O–H groups in total. The minimum Gasteiger partial charge on any atom is -0.493 e. The molecule has 0 heterocycles. The van der Waals surface area contributed by atoms with E-state index in [-0.39, 0.29) is 22.9 Å². The van der Waals surface area contributed by atoms with E-state index in [4.69, 9.17) is 9.47 Å². The Balaban J connectivity index is 1.83. The summed E-state index contributed by atoms with van der Waals surface area (Å²) in [6.45, 7) is 0. The minimum atomic E-state index is -4.76. The van der Waals surface area contributed by atoms with Gasteiger partial charge in [0.1, 0.15) is 5.69 Å². The Bertz CT molecular complexity index is 1410. The fraction of sp³-hybridized carbons (Fsp3) is 0.0952. The minimum absolute atomic E-state index is 0.0166. The number of non-ortho nitro benzene ring substituents is 1. The summed E-state index contributed by atoms with van der Waals surface area (Å²) in [5.74, 6) is -0.188. The Labute approximate surface area is 204 Å². The van der Waals surface area contributed by atoms with Crippen molar-refractivity contribution in [1.29, 1.82) is 0 Å². The largest absolute Gasteiger partial charge is 0.493 e. The maximum Gasteiger partial charge on any atom is 0.416 e. The summed E-state index contributed by atoms with van der Waals surface area (Å²) in [6, 6.07) is 8.92. The number of anilines is 1. The van der Waals surface area contributed by atoms with Gasteiger partial charge in [0.05, 0.1) is 39.7 Å². The highest BCUT2D eigenvalue weighted by atomic mass is 19.4. The van der Waals surface area contributed by atoms with Gasteiger partial charge in [-0.1, -0.05) is 0 Å². The van der Waals surface area contributed by atoms with E-state index >= 15 is 0 Å². The molecule has 13 nitrogen and oxygen atoms in total. The van der Waals surface area contributed by atoms with Gasteiger partial charge in [-0.2, -0.15) is 18.3 Å². The lowest BCUT2D eigenvalue weighted by Gasteiger charge is -2.11. The van der Waals surface area contributed by atoms with E-state index in [1.165, 1.54) is 31.5 Å². The monoisotopic (exact) mass is 521 g/mol. The first kappa shape index (κ1) is 26.3. The standard InChI is InChI=1S/C21H14F3N5O8/c1-36-20-8-12(11-25-26-15-5-3-13(21(22,23)24)9-16(15)28(32)33)2-6-19(20)37-18-7-4-14(27(30)31)10-17(18)29(34)35/h2-11,26H,1H3/b25-11-. The number of nitro groups is 3. The molecule has 0 aromatic heterocycles. The van der Waals surface area contributed by atoms with Crippen molar-refractivity contribution in [3.63, 3.8) is 0 Å². The third kappa shape index (κ3) is 6.24. The molecule has 0 radical (unpaired) electrons. The molecular weight excluding hydrogens is 507 g/mol. The maximum atomic E-state index is 12.8. The molecule has 0 saturated carbocycles. The van der Waals surface area contributed by atoms with Crippen LogP contribution < -0.4 is 14.9 Å². The molecule has 0 fully saturated rings. The van der Waals surface area contributed by atoms with Gasteiger partial charge < -0.3 is 9.47 Å². The first-order chi connectivity index (χ1) is 17.4. The van der Waals surface area contributed by atoms with Gasteiger partial charge in [-0.15, -0.1) is 0 Å². The molecule has 0 spiro atoms. The van der Waals surface area contributed by atoms with Crippen molar-refractivity contribution in [1.82, 2.24) is 0 Å². The van der Waals surface area contributed by atoms with E-state index in [0.29, 0.717) is 17.7 Å². The van der Waals surface area contributed by atoms with Gasteiger partial charge in [0.2, 0.25) is 5.75 Å². The number of alkyl halides is 3. The number of methoxy groups -OCH3 is 1. The van der Waals surface area contributed by atoms with Gasteiger partial charge in [-0.3, -0.25) is 35.8 Å². The zero-order valence-electron chi connectivity index (χ0n) is 18.5. The molecule has 0 aliphatic rings. The molecule has 0 atom stereocenters. The van der Waals surface area contributed by atoms with Gasteiger partial charge >= 0.3 is 11.9 Å². The van der Waals surface area contributed by atoms with Crippen molar-refractivity contribution in [3.05, 3.63) is 96.1 Å². The van der Waals surface area contributed by atoms with E-state index in [2.05, 4.69) is 10.5 Å². The van der Waals surface area contributed by atoms with Crippen molar-refractivity contribution in [2.24, 2.45) is 5.10 Å². The predicted octanol–water partition coefficient (Wildman–Crippen LogP) is 5.68. The van der Waals surface area contributed by atoms with Crippen molar-refractivity contribution in [2.45, 2.75) is 6.18 Å². The van der Waals surface area contributed by atoms with Crippen LogP contribution in [-0.4, -0.2) is 28.1 Å². The molecule has 0 aliphatic carbocycles. The molecule has 37 heavy (non-hydrogen) atoms. The van der Waals surface area contributed by atoms with Crippen LogP contribution in [0, 0.1) is 30.3 Å². The Morgan fingerprint density at radius 3 is 2.11 bits per heavy atom. The number of benzene rings is 3. The normalized spacial score (nSPS) is 11.2. The lowest BCUT2D eigenvalue weighted by atomic mass is 10.1. The fourth-order valence-corrected chi connectivity index (χ4v) is 2.95. The molecular formula is C21H14F3N5O8. The third-order valence-electron chi connectivity index (χ3n) is 4.68. The second kappa shape index (κ2) is 10.5. The first-order valence-electron chi connectivity index (χ1n) is 9.84. The number of hydrogen-bond donors (Lipinski definition) is 1. The number of nitrogens with one attached hydrogen (secondary N) is 1. The summed E-state index contributed by atoms with van der Waals surface area (Å²) < 4.78 is 49.2. The Hall–Kier alpha value is -5.28. The molecule has 3 aromatic rings. The Kier molecular flexibility index (Phi) is 7.51. The van der Waals surface area contributed by atoms with E-state index in [9.17, 15) is 43.5 Å². The highest BCUT2D eigenvalue weighted by Gasteiger charge is 2.33. The molecule has 0 amide bonds. The number of halogens is 3. The van der Waals surface area contributed by atoms with Crippen LogP contribution in [0.3, 0.4) is 0 Å². The van der Waals surface area contributed by atoms with Gasteiger partial charge in [0.25, 0.3) is 11.4 Å². The van der Waals surface area contributed by atoms with Crippen LogP contribution in [0.15, 0.2) is 59.7 Å². The zero-order valence-corrected chi connectivity index (χ0v) is 18.5. The zero-order chi connectivity index (χ0) is 27.3. The van der Waals surface area contributed by atoms with Crippen molar-refractivity contribution in [3.8, 4) is 17.2 Å². The maximum absolute atomic E-state index is 12.8. The van der Waals surface area contributed by atoms with E-state index < -0.39 is 43.6 Å². The van der Waals surface area contributed by atoms with Crippen molar-refractivity contribution < 1.29 is 37.4 Å². The molecule has 0 aliphatic heterocycles. The molecule has 16 heteroatoms. The van der Waals surface area contributed by atoms with Crippen LogP contribution in [-0.2, 0) is 6.18 Å². The molecule has 0 bridgehead atoms. The Morgan fingerprint density at radius 2 is 1.51 bits per heavy atom. The van der Waals surface area contributed by atoms with Crippen LogP contribution in [0.1, 0.15) is 11.1 Å². The average molecular weight is 521 g/mol. The highest BCUT2D eigenvalue weighted by molar-refractivity contribution is 5.82. The van der Waals surface area contributed by atoms with Gasteiger partial charge in [0.15, 0.2) is 11.5 Å². The lowest BCUT2D eigenvalue weighted by molar-refractivity contribution is -0.394. The van der Waals surface area contributed by atoms with Crippen LogP contribution in [0.4, 0.5) is 35.9 Å². The topological polar surface area (TPSA) is 172 Å². The number of hydrogen-bond acceptors (Lipinski definition) is 10. The fourth-order valence-electron chi connectivity index (χ4n) is 2.95. The van der Waals surface area contributed by atoms with E-state index in [1.54, 1.807) is 0 Å². The second-order valence-electron chi connectivity index (χ2n) is 7.04. The van der Waals surface area contributed by atoms with Crippen LogP contribution in [0.5, 0.6) is 17.2 Å². The van der Waals surface area contributed by atoms with Gasteiger partial charge in [-0.25, -0.2) is 0 Å². The molecule has 3 aromatic carbocycles. The number of nitrogens with zero attached hydrogens (tertiary/aromatic N) is 4. The smallest absolute Gasteiger partial charge is 0.416 e. The van der Waals surface area contributed by atoms with Crippen molar-refractivity contribution in [2.75, 3.05) is 12.5 Å². The average Bonchev–Trinajstić information content (AvgIpc) is 2.84. The second-order valence-corrected chi connectivity index (χ2v) is 7.04. The van der Waals surface area contributed by atoms with Crippen LogP contribution >= 0.6 is 0 Å². The highest BCUT2D eigenvalue weighted by Crippen LogP contribution is 2.38. The molecule has 0 unspecified atom stereocenters. The predicted molar refractivity (Wildman–Crippen MR) is 122 cm³/mol. The van der Waals surface area contributed by atoms with E-state index in [1.807, 2.05) is 0 Å². The molecule has 3 rings (SSSR count). The van der Waals surface area contributed by atoms with E-state index in [0.717, 1.165) is 24.3 Å². The van der Waals surface area contributed by atoms with Crippen LogP contribution in [0.2, 0.25) is 0 Å². The SMILES string of the molecule is COc1cc(/C=N\Nc2ccc(C(F)(F)F)cc2[N+](=O)[O-])ccc1Oc1ccc([N+](=O)[O-])cc1[N+](=O)[O-]. The summed E-state index contributed by atoms with van der Waals surface area (Å²) in [6.07, 6.45) is -3.58. The van der Waals surface area contributed by atoms with Gasteiger partial charge in [-0.05, 0) is 42.0 Å². The Morgan fingerprint density at radius 1 is 0.838 bits per heavy atom. The number of rotatable bonds is 9. The van der Waals surface area contributed by atoms with Crippen molar-refractivity contribution >= 4 is 29.0 Å². The molecule has 0 saturated heterocycles. The number of nitro benzene ring substituents is 3. The summed E-state index contributed by atoms with van der Waals surface area (Å²) in [5.41, 5.74) is -0.806. The summed E-state index contributed by atoms with van der Waals surface area (Å²) >= 11 is 0. The first-order valence-corrected chi connectivity index (χ1v) is 9.84. The summed E-state index contributed by atoms with van der Waals surface area (Å²) in [4.78, 5) is 30.7. The quantitative estimate of drug-likeness (QED) is 0.211. The number of ether oxygens (including phenoxy) is 2.